The Labute approximate surface area is 225 Å². The molecule has 0 aromatic heterocycles. The van der Waals surface area contributed by atoms with Crippen LogP contribution in [0.1, 0.15) is 18.1 Å². The van der Waals surface area contributed by atoms with Crippen LogP contribution in [0.3, 0.4) is 0 Å². The third-order valence-corrected chi connectivity index (χ3v) is 6.17. The first kappa shape index (κ1) is 25.8. The van der Waals surface area contributed by atoms with Crippen molar-refractivity contribution in [3.05, 3.63) is 108 Å². The predicted octanol–water partition coefficient (Wildman–Crippen LogP) is 6.68. The first-order chi connectivity index (χ1) is 17.9. The molecule has 11 heteroatoms. The van der Waals surface area contributed by atoms with Crippen molar-refractivity contribution < 1.29 is 19.3 Å². The van der Waals surface area contributed by atoms with Crippen LogP contribution >= 0.6 is 22.6 Å². The summed E-state index contributed by atoms with van der Waals surface area (Å²) < 4.78 is 12.8. The summed E-state index contributed by atoms with van der Waals surface area (Å²) in [6, 6.07) is 21.1. The summed E-state index contributed by atoms with van der Waals surface area (Å²) in [4.78, 5) is 20.9. The fraction of sp³-hybridized carbons (Fsp3) is 0.115. The molecular weight excluding hydrogens is 591 g/mol. The van der Waals surface area contributed by atoms with E-state index in [2.05, 4.69) is 51.3 Å². The number of non-ortho nitro benzene ring substituents is 1. The van der Waals surface area contributed by atoms with Crippen molar-refractivity contribution in [3.63, 3.8) is 0 Å². The molecule has 0 spiro atoms. The highest BCUT2D eigenvalue weighted by Crippen LogP contribution is 2.35. The highest BCUT2D eigenvalue weighted by atomic mass is 127. The molecule has 0 saturated carbocycles. The van der Waals surface area contributed by atoms with Crippen LogP contribution < -0.4 is 14.9 Å². The van der Waals surface area contributed by atoms with E-state index in [4.69, 9.17) is 9.47 Å². The molecule has 188 valence electrons. The number of nitro groups is 2. The zero-order valence-electron chi connectivity index (χ0n) is 19.6. The maximum absolute atomic E-state index is 11.3. The lowest BCUT2D eigenvalue weighted by Gasteiger charge is -2.15. The van der Waals surface area contributed by atoms with E-state index in [0.717, 1.165) is 26.0 Å². The maximum atomic E-state index is 11.3. The van der Waals surface area contributed by atoms with Gasteiger partial charge in [0.15, 0.2) is 11.5 Å². The first-order valence-electron chi connectivity index (χ1n) is 11.1. The van der Waals surface area contributed by atoms with E-state index < -0.39 is 15.5 Å². The van der Waals surface area contributed by atoms with Crippen LogP contribution in [0.4, 0.5) is 17.1 Å². The number of hydrazone groups is 1. The molecule has 0 fully saturated rings. The number of ether oxygens (including phenoxy) is 2. The molecule has 0 aliphatic rings. The van der Waals surface area contributed by atoms with E-state index in [-0.39, 0.29) is 11.4 Å². The van der Waals surface area contributed by atoms with Crippen LogP contribution in [-0.4, -0.2) is 22.7 Å². The lowest BCUT2D eigenvalue weighted by Crippen LogP contribution is -2.03. The van der Waals surface area contributed by atoms with E-state index in [9.17, 15) is 20.2 Å². The Morgan fingerprint density at radius 1 is 0.973 bits per heavy atom. The summed E-state index contributed by atoms with van der Waals surface area (Å²) in [5, 5.41) is 28.6. The van der Waals surface area contributed by atoms with Crippen molar-refractivity contribution in [3.8, 4) is 11.5 Å². The third kappa shape index (κ3) is 6.12. The molecule has 0 amide bonds. The molecule has 4 rings (SSSR count). The van der Waals surface area contributed by atoms with Gasteiger partial charge in [-0.15, -0.1) is 0 Å². The van der Waals surface area contributed by atoms with Crippen molar-refractivity contribution in [2.24, 2.45) is 5.10 Å². The summed E-state index contributed by atoms with van der Waals surface area (Å²) in [6.07, 6.45) is 1.48. The van der Waals surface area contributed by atoms with Gasteiger partial charge in [-0.1, -0.05) is 42.5 Å². The van der Waals surface area contributed by atoms with E-state index in [1.807, 2.05) is 37.3 Å². The SMILES string of the molecule is CCOc1cc(/C=N\Nc2ccc([N+](=O)[O-])cc2[N+](=O)[O-])cc(I)c1OCc1cccc2ccccc12. The van der Waals surface area contributed by atoms with Crippen molar-refractivity contribution in [1.29, 1.82) is 0 Å². The summed E-state index contributed by atoms with van der Waals surface area (Å²) in [7, 11) is 0. The molecule has 0 bridgehead atoms. The Kier molecular flexibility index (Phi) is 8.13. The number of nitrogens with zero attached hydrogens (tertiary/aromatic N) is 3. The Morgan fingerprint density at radius 2 is 1.76 bits per heavy atom. The van der Waals surface area contributed by atoms with Gasteiger partial charge in [-0.2, -0.15) is 5.10 Å². The molecule has 0 unspecified atom stereocenters. The summed E-state index contributed by atoms with van der Waals surface area (Å²) in [6.45, 7) is 2.65. The van der Waals surface area contributed by atoms with Crippen LogP contribution in [-0.2, 0) is 6.61 Å². The fourth-order valence-electron chi connectivity index (χ4n) is 3.69. The molecule has 0 radical (unpaired) electrons. The third-order valence-electron chi connectivity index (χ3n) is 5.37. The number of hydrogen-bond acceptors (Lipinski definition) is 8. The molecule has 1 N–H and O–H groups in total. The van der Waals surface area contributed by atoms with E-state index in [0.29, 0.717) is 30.3 Å². The number of hydrogen-bond donors (Lipinski definition) is 1. The summed E-state index contributed by atoms with van der Waals surface area (Å²) in [5.41, 5.74) is 3.51. The molecule has 10 nitrogen and oxygen atoms in total. The highest BCUT2D eigenvalue weighted by Gasteiger charge is 2.19. The smallest absolute Gasteiger partial charge is 0.301 e. The van der Waals surface area contributed by atoms with Gasteiger partial charge in [0, 0.05) is 6.07 Å². The van der Waals surface area contributed by atoms with Gasteiger partial charge in [0.25, 0.3) is 5.69 Å². The van der Waals surface area contributed by atoms with Crippen molar-refractivity contribution in [2.45, 2.75) is 13.5 Å². The lowest BCUT2D eigenvalue weighted by molar-refractivity contribution is -0.393. The molecule has 0 atom stereocenters. The summed E-state index contributed by atoms with van der Waals surface area (Å²) >= 11 is 2.16. The summed E-state index contributed by atoms with van der Waals surface area (Å²) in [5.74, 6) is 1.14. The second-order valence-corrected chi connectivity index (χ2v) is 8.94. The first-order valence-corrected chi connectivity index (χ1v) is 12.2. The van der Waals surface area contributed by atoms with E-state index >= 15 is 0 Å². The average Bonchev–Trinajstić information content (AvgIpc) is 2.88. The molecule has 4 aromatic carbocycles. The number of nitrogens with one attached hydrogen (secondary N) is 1. The fourth-order valence-corrected chi connectivity index (χ4v) is 4.47. The minimum Gasteiger partial charge on any atom is -0.490 e. The molecule has 0 saturated heterocycles. The predicted molar refractivity (Wildman–Crippen MR) is 150 cm³/mol. The van der Waals surface area contributed by atoms with Crippen LogP contribution in [0.15, 0.2) is 77.9 Å². The van der Waals surface area contributed by atoms with Crippen molar-refractivity contribution >= 4 is 56.6 Å². The van der Waals surface area contributed by atoms with Gasteiger partial charge in [-0.3, -0.25) is 25.7 Å². The number of rotatable bonds is 10. The number of nitro benzene ring substituents is 2. The Hall–Kier alpha value is -4.26. The monoisotopic (exact) mass is 612 g/mol. The zero-order chi connectivity index (χ0) is 26.4. The van der Waals surface area contributed by atoms with Gasteiger partial charge in [0.1, 0.15) is 12.3 Å². The van der Waals surface area contributed by atoms with Gasteiger partial charge in [-0.25, -0.2) is 0 Å². The van der Waals surface area contributed by atoms with Crippen LogP contribution in [0.2, 0.25) is 0 Å². The molecule has 37 heavy (non-hydrogen) atoms. The van der Waals surface area contributed by atoms with Gasteiger partial charge in [-0.05, 0) is 69.6 Å². The van der Waals surface area contributed by atoms with Crippen LogP contribution in [0, 0.1) is 23.8 Å². The number of halogens is 1. The second-order valence-electron chi connectivity index (χ2n) is 7.78. The van der Waals surface area contributed by atoms with Crippen molar-refractivity contribution in [1.82, 2.24) is 0 Å². The molecular formula is C26H21IN4O6. The number of benzene rings is 4. The average molecular weight is 612 g/mol. The van der Waals surface area contributed by atoms with Crippen LogP contribution in [0.5, 0.6) is 11.5 Å². The Bertz CT molecular complexity index is 1500. The van der Waals surface area contributed by atoms with Gasteiger partial charge in [0.05, 0.1) is 32.3 Å². The van der Waals surface area contributed by atoms with Gasteiger partial charge >= 0.3 is 5.69 Å². The van der Waals surface area contributed by atoms with Crippen LogP contribution in [0.25, 0.3) is 10.8 Å². The second kappa shape index (κ2) is 11.6. The Morgan fingerprint density at radius 3 is 2.51 bits per heavy atom. The topological polar surface area (TPSA) is 129 Å². The minimum absolute atomic E-state index is 0.0293. The standard InChI is InChI=1S/C26H21IN4O6/c1-2-36-25-13-17(15-28-29-23-11-10-20(30(32)33)14-24(23)31(34)35)12-22(27)26(25)37-16-19-8-5-7-18-6-3-4-9-21(18)19/h3-15,29H,2,16H2,1H3/b28-15-. The molecule has 0 aliphatic heterocycles. The molecule has 4 aromatic rings. The number of anilines is 1. The van der Waals surface area contributed by atoms with E-state index in [1.54, 1.807) is 6.07 Å². The van der Waals surface area contributed by atoms with Gasteiger partial charge < -0.3 is 9.47 Å². The zero-order valence-corrected chi connectivity index (χ0v) is 21.7. The normalized spacial score (nSPS) is 11.0. The van der Waals surface area contributed by atoms with E-state index in [1.165, 1.54) is 18.3 Å². The minimum atomic E-state index is -0.705. The quantitative estimate of drug-likeness (QED) is 0.0915. The maximum Gasteiger partial charge on any atom is 0.301 e. The van der Waals surface area contributed by atoms with Gasteiger partial charge in [0.2, 0.25) is 0 Å². The van der Waals surface area contributed by atoms with Crippen molar-refractivity contribution in [2.75, 3.05) is 12.0 Å². The Balaban J connectivity index is 1.55. The lowest BCUT2D eigenvalue weighted by atomic mass is 10.1. The molecule has 0 aliphatic carbocycles. The largest absolute Gasteiger partial charge is 0.490 e. The highest BCUT2D eigenvalue weighted by molar-refractivity contribution is 14.1. The molecule has 0 heterocycles. The number of fused-ring (bicyclic) bond motifs is 1.